The van der Waals surface area contributed by atoms with Gasteiger partial charge in [0.15, 0.2) is 5.78 Å². The van der Waals surface area contributed by atoms with E-state index in [-0.39, 0.29) is 28.2 Å². The van der Waals surface area contributed by atoms with E-state index in [9.17, 15) is 14.0 Å². The minimum atomic E-state index is -0.604. The Bertz CT molecular complexity index is 1170. The molecule has 0 radical (unpaired) electrons. The summed E-state index contributed by atoms with van der Waals surface area (Å²) >= 11 is 5.76. The third-order valence-corrected chi connectivity index (χ3v) is 6.15. The van der Waals surface area contributed by atoms with Crippen LogP contribution in [0.15, 0.2) is 36.5 Å². The number of amides is 1. The van der Waals surface area contributed by atoms with Crippen LogP contribution in [-0.2, 0) is 11.3 Å². The van der Waals surface area contributed by atoms with Gasteiger partial charge in [0.2, 0.25) is 0 Å². The predicted molar refractivity (Wildman–Crippen MR) is 121 cm³/mol. The molecule has 8 heteroatoms. The molecule has 0 bridgehead atoms. The first kappa shape index (κ1) is 22.4. The number of aromatic nitrogens is 2. The Kier molecular flexibility index (Phi) is 6.58. The molecule has 2 aromatic carbocycles. The van der Waals surface area contributed by atoms with Crippen LogP contribution in [0.2, 0.25) is 5.02 Å². The highest BCUT2D eigenvalue weighted by Crippen LogP contribution is 2.26. The third-order valence-electron chi connectivity index (χ3n) is 5.91. The highest BCUT2D eigenvalue weighted by Gasteiger charge is 2.32. The lowest BCUT2D eigenvalue weighted by molar-refractivity contribution is 0.0457. The number of halogens is 2. The topological polar surface area (TPSA) is 64.4 Å². The molecule has 0 aliphatic carbocycles. The van der Waals surface area contributed by atoms with Gasteiger partial charge < -0.3 is 9.64 Å². The van der Waals surface area contributed by atoms with E-state index in [0.717, 1.165) is 28.1 Å². The zero-order valence-electron chi connectivity index (χ0n) is 18.1. The van der Waals surface area contributed by atoms with Gasteiger partial charge in [-0.3, -0.25) is 14.3 Å². The van der Waals surface area contributed by atoms with E-state index in [4.69, 9.17) is 16.3 Å². The van der Waals surface area contributed by atoms with Crippen LogP contribution in [0.4, 0.5) is 4.39 Å². The molecule has 0 saturated carbocycles. The molecule has 0 atom stereocenters. The second-order valence-electron chi connectivity index (χ2n) is 8.24. The lowest BCUT2D eigenvalue weighted by Gasteiger charge is -2.39. The fourth-order valence-electron chi connectivity index (χ4n) is 4.14. The van der Waals surface area contributed by atoms with Crippen molar-refractivity contribution in [2.75, 3.05) is 26.8 Å². The number of carbonyl (C=O) groups excluding carboxylic acids is 2. The van der Waals surface area contributed by atoms with E-state index in [2.05, 4.69) is 5.10 Å². The summed E-state index contributed by atoms with van der Waals surface area (Å²) in [4.78, 5) is 26.7. The van der Waals surface area contributed by atoms with E-state index in [0.29, 0.717) is 39.1 Å². The number of ether oxygens (including phenoxy) is 1. The number of aryl methyl sites for hydroxylation is 1. The van der Waals surface area contributed by atoms with Crippen LogP contribution in [0.1, 0.15) is 39.1 Å². The van der Waals surface area contributed by atoms with Gasteiger partial charge in [-0.05, 0) is 49.2 Å². The predicted octanol–water partition coefficient (Wildman–Crippen LogP) is 4.52. The van der Waals surface area contributed by atoms with Gasteiger partial charge in [0.25, 0.3) is 5.91 Å². The van der Waals surface area contributed by atoms with Gasteiger partial charge >= 0.3 is 0 Å². The van der Waals surface area contributed by atoms with Crippen molar-refractivity contribution >= 4 is 34.2 Å². The molecule has 0 spiro atoms. The van der Waals surface area contributed by atoms with Gasteiger partial charge in [-0.2, -0.15) is 5.10 Å². The van der Waals surface area contributed by atoms with Gasteiger partial charge in [0.1, 0.15) is 5.82 Å². The highest BCUT2D eigenvalue weighted by atomic mass is 35.5. The number of hydrogen-bond donors (Lipinski definition) is 0. The minimum absolute atomic E-state index is 0.0380. The monoisotopic (exact) mass is 457 g/mol. The Hall–Kier alpha value is -2.77. The zero-order valence-corrected chi connectivity index (χ0v) is 18.9. The summed E-state index contributed by atoms with van der Waals surface area (Å²) in [6.45, 7) is 4.25. The maximum absolute atomic E-state index is 14.0. The van der Waals surface area contributed by atoms with Crippen LogP contribution in [0.25, 0.3) is 10.9 Å². The summed E-state index contributed by atoms with van der Waals surface area (Å²) in [5, 5.41) is 5.85. The molecule has 1 aromatic heterocycles. The van der Waals surface area contributed by atoms with Crippen LogP contribution >= 0.6 is 11.6 Å². The van der Waals surface area contributed by atoms with Crippen molar-refractivity contribution in [2.24, 2.45) is 5.92 Å². The number of nitrogens with zero attached hydrogens (tertiary/aromatic N) is 3. The number of ketones is 1. The van der Waals surface area contributed by atoms with E-state index in [1.54, 1.807) is 12.0 Å². The number of benzene rings is 2. The Balaban J connectivity index is 1.39. The van der Waals surface area contributed by atoms with Crippen molar-refractivity contribution in [2.45, 2.75) is 26.3 Å². The molecule has 4 rings (SSSR count). The summed E-state index contributed by atoms with van der Waals surface area (Å²) in [7, 11) is 1.63. The second kappa shape index (κ2) is 9.38. The number of fused-ring (bicyclic) bond motifs is 1. The van der Waals surface area contributed by atoms with E-state index in [1.165, 1.54) is 12.1 Å². The smallest absolute Gasteiger partial charge is 0.256 e. The number of hydrogen-bond acceptors (Lipinski definition) is 4. The minimum Gasteiger partial charge on any atom is -0.385 e. The molecule has 6 nitrogen and oxygen atoms in total. The number of likely N-dealkylation sites (tertiary alicyclic amines) is 1. The lowest BCUT2D eigenvalue weighted by atomic mass is 9.98. The highest BCUT2D eigenvalue weighted by molar-refractivity contribution is 6.30. The van der Waals surface area contributed by atoms with Gasteiger partial charge in [0.05, 0.1) is 11.1 Å². The van der Waals surface area contributed by atoms with Crippen LogP contribution < -0.4 is 0 Å². The first-order valence-electron chi connectivity index (χ1n) is 10.6. The van der Waals surface area contributed by atoms with Crippen molar-refractivity contribution in [3.8, 4) is 0 Å². The third kappa shape index (κ3) is 4.54. The van der Waals surface area contributed by atoms with Crippen molar-refractivity contribution in [1.29, 1.82) is 0 Å². The molecular formula is C24H25ClFN3O3. The van der Waals surface area contributed by atoms with Crippen molar-refractivity contribution in [3.05, 3.63) is 64.1 Å². The average Bonchev–Trinajstić information content (AvgIpc) is 3.14. The first-order chi connectivity index (χ1) is 15.4. The summed E-state index contributed by atoms with van der Waals surface area (Å²) < 4.78 is 20.9. The standard InChI is InChI=1S/C24H25ClFN3O3/c1-15-18(23(30)4-3-9-32-2)7-8-22-20(15)14-29(27-22)13-16-11-28(12-16)24(31)19-6-5-17(25)10-21(19)26/h5-8,10,14,16H,3-4,9,11-13H2,1-2H3. The molecule has 32 heavy (non-hydrogen) atoms. The number of rotatable bonds is 8. The number of methoxy groups -OCH3 is 1. The molecule has 1 aliphatic heterocycles. The molecule has 0 N–H and O–H groups in total. The largest absolute Gasteiger partial charge is 0.385 e. The molecule has 0 unspecified atom stereocenters. The first-order valence-corrected chi connectivity index (χ1v) is 11.0. The lowest BCUT2D eigenvalue weighted by Crippen LogP contribution is -2.51. The van der Waals surface area contributed by atoms with Crippen molar-refractivity contribution < 1.29 is 18.7 Å². The van der Waals surface area contributed by atoms with Crippen LogP contribution in [0.3, 0.4) is 0 Å². The zero-order chi connectivity index (χ0) is 22.8. The molecule has 3 aromatic rings. The normalized spacial score (nSPS) is 14.1. The fourth-order valence-corrected chi connectivity index (χ4v) is 4.30. The SMILES string of the molecule is COCCCC(=O)c1ccc2nn(CC3CN(C(=O)c4ccc(Cl)cc4F)C3)cc2c1C. The molecule has 1 amide bonds. The molecule has 1 fully saturated rings. The number of Topliss-reactive ketones (excluding diaryl/α,β-unsaturated/α-hetero) is 1. The summed E-state index contributed by atoms with van der Waals surface area (Å²) in [5.41, 5.74) is 2.53. The Morgan fingerprint density at radius 3 is 2.69 bits per heavy atom. The Morgan fingerprint density at radius 1 is 1.22 bits per heavy atom. The van der Waals surface area contributed by atoms with Gasteiger partial charge in [0, 0.05) is 67.9 Å². The maximum atomic E-state index is 14.0. The number of carbonyl (C=O) groups is 2. The maximum Gasteiger partial charge on any atom is 0.256 e. The van der Waals surface area contributed by atoms with E-state index in [1.807, 2.05) is 29.9 Å². The van der Waals surface area contributed by atoms with Gasteiger partial charge in [-0.15, -0.1) is 0 Å². The van der Waals surface area contributed by atoms with Gasteiger partial charge in [-0.1, -0.05) is 11.6 Å². The molecule has 1 aliphatic rings. The Morgan fingerprint density at radius 2 is 1.97 bits per heavy atom. The molecule has 168 valence electrons. The Labute approximate surface area is 190 Å². The fraction of sp³-hybridized carbons (Fsp3) is 0.375. The molecular weight excluding hydrogens is 433 g/mol. The summed E-state index contributed by atoms with van der Waals surface area (Å²) in [5.74, 6) is -0.586. The van der Waals surface area contributed by atoms with E-state index < -0.39 is 5.82 Å². The molecule has 1 saturated heterocycles. The van der Waals surface area contributed by atoms with E-state index >= 15 is 0 Å². The summed E-state index contributed by atoms with van der Waals surface area (Å²) in [6.07, 6.45) is 3.11. The van der Waals surface area contributed by atoms with Crippen LogP contribution in [0.5, 0.6) is 0 Å². The second-order valence-corrected chi connectivity index (χ2v) is 8.68. The van der Waals surface area contributed by atoms with Crippen molar-refractivity contribution in [1.82, 2.24) is 14.7 Å². The molecule has 2 heterocycles. The average molecular weight is 458 g/mol. The van der Waals surface area contributed by atoms with Crippen LogP contribution in [-0.4, -0.2) is 53.2 Å². The van der Waals surface area contributed by atoms with Crippen LogP contribution in [0, 0.1) is 18.7 Å². The van der Waals surface area contributed by atoms with Gasteiger partial charge in [-0.25, -0.2) is 4.39 Å². The quantitative estimate of drug-likeness (QED) is 0.368. The summed E-state index contributed by atoms with van der Waals surface area (Å²) in [6, 6.07) is 7.81. The van der Waals surface area contributed by atoms with Crippen molar-refractivity contribution in [3.63, 3.8) is 0 Å².